The van der Waals surface area contributed by atoms with E-state index >= 15 is 0 Å². The van der Waals surface area contributed by atoms with Crippen LogP contribution >= 0.6 is 15.9 Å². The highest BCUT2D eigenvalue weighted by Crippen LogP contribution is 2.24. The van der Waals surface area contributed by atoms with Crippen LogP contribution in [0.1, 0.15) is 35.4 Å². The molecule has 0 saturated heterocycles. The fourth-order valence-corrected chi connectivity index (χ4v) is 3.82. The summed E-state index contributed by atoms with van der Waals surface area (Å²) >= 11 is 3.43. The SMILES string of the molecule is NCCCC(NCc1ccc(Br)cc1)C(=O)NC(=O)C(c1ccccc1)c1ccccc1. The van der Waals surface area contributed by atoms with Crippen molar-refractivity contribution >= 4 is 27.7 Å². The van der Waals surface area contributed by atoms with Crippen molar-refractivity contribution < 1.29 is 9.59 Å². The van der Waals surface area contributed by atoms with E-state index in [0.29, 0.717) is 25.9 Å². The minimum absolute atomic E-state index is 0.336. The third-order valence-corrected chi connectivity index (χ3v) is 5.78. The van der Waals surface area contributed by atoms with Crippen LogP contribution in [0.4, 0.5) is 0 Å². The molecule has 32 heavy (non-hydrogen) atoms. The van der Waals surface area contributed by atoms with Gasteiger partial charge in [0.15, 0.2) is 0 Å². The Labute approximate surface area is 197 Å². The van der Waals surface area contributed by atoms with Crippen molar-refractivity contribution in [3.63, 3.8) is 0 Å². The van der Waals surface area contributed by atoms with Gasteiger partial charge in [-0.15, -0.1) is 0 Å². The molecule has 1 unspecified atom stereocenters. The Kier molecular flexibility index (Phi) is 9.16. The first-order valence-electron chi connectivity index (χ1n) is 10.7. The summed E-state index contributed by atoms with van der Waals surface area (Å²) in [5.41, 5.74) is 8.40. The van der Waals surface area contributed by atoms with Gasteiger partial charge >= 0.3 is 0 Å². The van der Waals surface area contributed by atoms with E-state index in [2.05, 4.69) is 26.6 Å². The number of halogens is 1. The van der Waals surface area contributed by atoms with Crippen LogP contribution < -0.4 is 16.4 Å². The van der Waals surface area contributed by atoms with Gasteiger partial charge in [-0.25, -0.2) is 0 Å². The van der Waals surface area contributed by atoms with Crippen LogP contribution in [0.3, 0.4) is 0 Å². The zero-order valence-corrected chi connectivity index (χ0v) is 19.4. The summed E-state index contributed by atoms with van der Waals surface area (Å²) in [6, 6.07) is 26.4. The topological polar surface area (TPSA) is 84.2 Å². The average molecular weight is 494 g/mol. The van der Waals surface area contributed by atoms with Gasteiger partial charge in [0.25, 0.3) is 0 Å². The van der Waals surface area contributed by atoms with Crippen LogP contribution in [0.25, 0.3) is 0 Å². The Morgan fingerprint density at radius 3 is 1.91 bits per heavy atom. The largest absolute Gasteiger partial charge is 0.330 e. The molecule has 6 heteroatoms. The maximum Gasteiger partial charge on any atom is 0.243 e. The van der Waals surface area contributed by atoms with Crippen LogP contribution in [0.15, 0.2) is 89.4 Å². The molecule has 5 nitrogen and oxygen atoms in total. The molecule has 0 spiro atoms. The third kappa shape index (κ3) is 6.85. The Morgan fingerprint density at radius 1 is 0.812 bits per heavy atom. The summed E-state index contributed by atoms with van der Waals surface area (Å²) in [7, 11) is 0. The molecule has 0 bridgehead atoms. The Balaban J connectivity index is 1.73. The van der Waals surface area contributed by atoms with E-state index in [0.717, 1.165) is 21.2 Å². The fourth-order valence-electron chi connectivity index (χ4n) is 3.56. The lowest BCUT2D eigenvalue weighted by Crippen LogP contribution is -2.47. The summed E-state index contributed by atoms with van der Waals surface area (Å²) < 4.78 is 0.997. The van der Waals surface area contributed by atoms with E-state index in [1.54, 1.807) is 0 Å². The van der Waals surface area contributed by atoms with E-state index in [4.69, 9.17) is 5.73 Å². The van der Waals surface area contributed by atoms with Crippen molar-refractivity contribution in [1.82, 2.24) is 10.6 Å². The minimum Gasteiger partial charge on any atom is -0.330 e. The highest BCUT2D eigenvalue weighted by Gasteiger charge is 2.27. The molecule has 4 N–H and O–H groups in total. The number of carbonyl (C=O) groups excluding carboxylic acids is 2. The zero-order valence-electron chi connectivity index (χ0n) is 17.8. The molecule has 3 aromatic carbocycles. The fraction of sp³-hybridized carbons (Fsp3) is 0.231. The monoisotopic (exact) mass is 493 g/mol. The highest BCUT2D eigenvalue weighted by molar-refractivity contribution is 9.10. The number of hydrogen-bond donors (Lipinski definition) is 3. The predicted molar refractivity (Wildman–Crippen MR) is 131 cm³/mol. The summed E-state index contributed by atoms with van der Waals surface area (Å²) in [6.45, 7) is 0.999. The number of amides is 2. The first-order valence-corrected chi connectivity index (χ1v) is 11.5. The molecular weight excluding hydrogens is 466 g/mol. The minimum atomic E-state index is -0.567. The number of benzene rings is 3. The standard InChI is InChI=1S/C26H28BrN3O2/c27-22-15-13-19(14-16-22)18-29-23(12-7-17-28)25(31)30-26(32)24(20-8-3-1-4-9-20)21-10-5-2-6-11-21/h1-6,8-11,13-16,23-24,29H,7,12,17-18,28H2,(H,30,31,32). The van der Waals surface area contributed by atoms with E-state index in [9.17, 15) is 9.59 Å². The number of imide groups is 1. The first kappa shape index (κ1) is 23.9. The molecule has 3 rings (SSSR count). The van der Waals surface area contributed by atoms with Crippen LogP contribution in [0, 0.1) is 0 Å². The van der Waals surface area contributed by atoms with Gasteiger partial charge in [-0.05, 0) is 48.2 Å². The normalized spacial score (nSPS) is 11.8. The lowest BCUT2D eigenvalue weighted by atomic mass is 9.90. The second-order valence-corrected chi connectivity index (χ2v) is 8.51. The van der Waals surface area contributed by atoms with E-state index in [1.807, 2.05) is 84.9 Å². The number of carbonyl (C=O) groups is 2. The van der Waals surface area contributed by atoms with Crippen LogP contribution in [-0.4, -0.2) is 24.4 Å². The van der Waals surface area contributed by atoms with Gasteiger partial charge < -0.3 is 11.1 Å². The molecule has 0 saturated carbocycles. The number of nitrogens with one attached hydrogen (secondary N) is 2. The van der Waals surface area contributed by atoms with Gasteiger partial charge in [0.1, 0.15) is 0 Å². The van der Waals surface area contributed by atoms with Crippen molar-refractivity contribution in [3.8, 4) is 0 Å². The summed E-state index contributed by atoms with van der Waals surface area (Å²) in [6.07, 6.45) is 1.23. The predicted octanol–water partition coefficient (Wildman–Crippen LogP) is 4.12. The van der Waals surface area contributed by atoms with E-state index in [-0.39, 0.29) is 11.8 Å². The second kappa shape index (κ2) is 12.3. The molecule has 3 aromatic rings. The average Bonchev–Trinajstić information content (AvgIpc) is 2.81. The van der Waals surface area contributed by atoms with Gasteiger partial charge in [0, 0.05) is 11.0 Å². The van der Waals surface area contributed by atoms with Crippen molar-refractivity contribution in [3.05, 3.63) is 106 Å². The smallest absolute Gasteiger partial charge is 0.243 e. The van der Waals surface area contributed by atoms with Gasteiger partial charge in [0.2, 0.25) is 11.8 Å². The first-order chi connectivity index (χ1) is 15.6. The highest BCUT2D eigenvalue weighted by atomic mass is 79.9. The van der Waals surface area contributed by atoms with E-state index < -0.39 is 12.0 Å². The van der Waals surface area contributed by atoms with Gasteiger partial charge in [-0.2, -0.15) is 0 Å². The molecule has 0 heterocycles. The number of rotatable bonds is 10. The summed E-state index contributed by atoms with van der Waals surface area (Å²) in [4.78, 5) is 26.3. The van der Waals surface area contributed by atoms with Crippen molar-refractivity contribution in [2.75, 3.05) is 6.54 Å². The number of hydrogen-bond acceptors (Lipinski definition) is 4. The van der Waals surface area contributed by atoms with Crippen LogP contribution in [-0.2, 0) is 16.1 Å². The van der Waals surface area contributed by atoms with Crippen molar-refractivity contribution in [2.45, 2.75) is 31.3 Å². The summed E-state index contributed by atoms with van der Waals surface area (Å²) in [5.74, 6) is -1.24. The zero-order chi connectivity index (χ0) is 22.8. The molecule has 0 fully saturated rings. The Bertz CT molecular complexity index is 955. The third-order valence-electron chi connectivity index (χ3n) is 5.25. The molecule has 2 amide bonds. The molecule has 166 valence electrons. The number of nitrogens with two attached hydrogens (primary N) is 1. The second-order valence-electron chi connectivity index (χ2n) is 7.60. The van der Waals surface area contributed by atoms with Gasteiger partial charge in [-0.3, -0.25) is 14.9 Å². The van der Waals surface area contributed by atoms with Crippen molar-refractivity contribution in [1.29, 1.82) is 0 Å². The van der Waals surface area contributed by atoms with E-state index in [1.165, 1.54) is 0 Å². The molecule has 0 aliphatic carbocycles. The molecule has 0 aliphatic heterocycles. The molecule has 0 aromatic heterocycles. The van der Waals surface area contributed by atoms with Gasteiger partial charge in [0.05, 0.1) is 12.0 Å². The van der Waals surface area contributed by atoms with Crippen LogP contribution in [0.5, 0.6) is 0 Å². The lowest BCUT2D eigenvalue weighted by Gasteiger charge is -2.21. The quantitative estimate of drug-likeness (QED) is 0.396. The Hall–Kier alpha value is -2.80. The van der Waals surface area contributed by atoms with Gasteiger partial charge in [-0.1, -0.05) is 88.7 Å². The molecule has 0 aliphatic rings. The maximum absolute atomic E-state index is 13.3. The van der Waals surface area contributed by atoms with Crippen molar-refractivity contribution in [2.24, 2.45) is 5.73 Å². The molecule has 0 radical (unpaired) electrons. The summed E-state index contributed by atoms with van der Waals surface area (Å²) in [5, 5.41) is 5.92. The molecular formula is C26H28BrN3O2. The molecule has 1 atom stereocenters. The lowest BCUT2D eigenvalue weighted by molar-refractivity contribution is -0.132. The van der Waals surface area contributed by atoms with Crippen LogP contribution in [0.2, 0.25) is 0 Å². The maximum atomic E-state index is 13.3. The Morgan fingerprint density at radius 2 is 1.38 bits per heavy atom.